The highest BCUT2D eigenvalue weighted by molar-refractivity contribution is 5.87. The van der Waals surface area contributed by atoms with E-state index in [1.807, 2.05) is 18.3 Å². The van der Waals surface area contributed by atoms with Crippen molar-refractivity contribution in [2.45, 2.75) is 19.4 Å². The minimum Gasteiger partial charge on any atom is -0.464 e. The standard InChI is InChI=1S/C19H25N3O3/c1-25-19(24)17-10-15(12-21-17)11-20-16-4-2-3-5-18(16)22-8-6-14(13-23)7-9-22/h2-5,10,12,14,20-21,23H,6-9,11,13H2,1H3. The van der Waals surface area contributed by atoms with Crippen molar-refractivity contribution >= 4 is 17.3 Å². The van der Waals surface area contributed by atoms with Crippen LogP contribution in [0.2, 0.25) is 0 Å². The van der Waals surface area contributed by atoms with Crippen molar-refractivity contribution in [1.29, 1.82) is 0 Å². The normalized spacial score (nSPS) is 15.2. The average molecular weight is 343 g/mol. The summed E-state index contributed by atoms with van der Waals surface area (Å²) in [6.07, 6.45) is 3.85. The number of hydrogen-bond donors (Lipinski definition) is 3. The fourth-order valence-corrected chi connectivity index (χ4v) is 3.22. The van der Waals surface area contributed by atoms with E-state index in [2.05, 4.69) is 27.3 Å². The predicted molar refractivity (Wildman–Crippen MR) is 97.9 cm³/mol. The first-order valence-electron chi connectivity index (χ1n) is 8.65. The molecule has 0 saturated carbocycles. The SMILES string of the molecule is COC(=O)c1cc(CNc2ccccc2N2CCC(CO)CC2)c[nH]1. The zero-order valence-electron chi connectivity index (χ0n) is 14.5. The molecular formula is C19H25N3O3. The summed E-state index contributed by atoms with van der Waals surface area (Å²) in [7, 11) is 1.37. The van der Waals surface area contributed by atoms with E-state index in [0.29, 0.717) is 18.2 Å². The van der Waals surface area contributed by atoms with E-state index >= 15 is 0 Å². The molecule has 0 spiro atoms. The lowest BCUT2D eigenvalue weighted by Gasteiger charge is -2.34. The van der Waals surface area contributed by atoms with Crippen LogP contribution < -0.4 is 10.2 Å². The van der Waals surface area contributed by atoms with E-state index in [4.69, 9.17) is 4.74 Å². The van der Waals surface area contributed by atoms with Crippen LogP contribution in [-0.2, 0) is 11.3 Å². The Bertz CT molecular complexity index is 705. The molecule has 0 amide bonds. The number of nitrogens with zero attached hydrogens (tertiary/aromatic N) is 1. The number of para-hydroxylation sites is 2. The third-order valence-corrected chi connectivity index (χ3v) is 4.75. The van der Waals surface area contributed by atoms with Gasteiger partial charge in [0.25, 0.3) is 0 Å². The van der Waals surface area contributed by atoms with Gasteiger partial charge in [0.05, 0.1) is 18.5 Å². The molecule has 6 heteroatoms. The Labute approximate surface area is 147 Å². The van der Waals surface area contributed by atoms with E-state index in [9.17, 15) is 9.90 Å². The Kier molecular flexibility index (Phi) is 5.60. The lowest BCUT2D eigenvalue weighted by atomic mass is 9.97. The molecule has 6 nitrogen and oxygen atoms in total. The van der Waals surface area contributed by atoms with Gasteiger partial charge in [0.2, 0.25) is 0 Å². The summed E-state index contributed by atoms with van der Waals surface area (Å²) in [6.45, 7) is 2.82. The number of aliphatic hydroxyl groups excluding tert-OH is 1. The summed E-state index contributed by atoms with van der Waals surface area (Å²) in [6, 6.07) is 10.1. The van der Waals surface area contributed by atoms with E-state index in [1.54, 1.807) is 6.07 Å². The number of carbonyl (C=O) groups is 1. The molecule has 2 heterocycles. The molecule has 1 fully saturated rings. The third kappa shape index (κ3) is 4.14. The smallest absolute Gasteiger partial charge is 0.354 e. The van der Waals surface area contributed by atoms with Crippen molar-refractivity contribution in [2.75, 3.05) is 37.0 Å². The summed E-state index contributed by atoms with van der Waals surface area (Å²) in [5.74, 6) is 0.0615. The fourth-order valence-electron chi connectivity index (χ4n) is 3.22. The lowest BCUT2D eigenvalue weighted by Crippen LogP contribution is -2.35. The second-order valence-electron chi connectivity index (χ2n) is 6.40. The zero-order chi connectivity index (χ0) is 17.6. The highest BCUT2D eigenvalue weighted by Crippen LogP contribution is 2.30. The number of aromatic nitrogens is 1. The molecule has 0 unspecified atom stereocenters. The van der Waals surface area contributed by atoms with Gasteiger partial charge in [-0.15, -0.1) is 0 Å². The average Bonchev–Trinajstić information content (AvgIpc) is 3.15. The Morgan fingerprint density at radius 3 is 2.84 bits per heavy atom. The monoisotopic (exact) mass is 343 g/mol. The van der Waals surface area contributed by atoms with Crippen molar-refractivity contribution in [2.24, 2.45) is 5.92 Å². The van der Waals surface area contributed by atoms with Crippen LogP contribution in [-0.4, -0.2) is 42.9 Å². The van der Waals surface area contributed by atoms with Gasteiger partial charge in [0, 0.05) is 32.4 Å². The van der Waals surface area contributed by atoms with Gasteiger partial charge in [-0.2, -0.15) is 0 Å². The maximum Gasteiger partial charge on any atom is 0.354 e. The molecule has 134 valence electrons. The first-order chi connectivity index (χ1) is 12.2. The molecule has 0 atom stereocenters. The fraction of sp³-hybridized carbons (Fsp3) is 0.421. The van der Waals surface area contributed by atoms with Crippen LogP contribution in [0.1, 0.15) is 28.9 Å². The first kappa shape index (κ1) is 17.4. The van der Waals surface area contributed by atoms with E-state index < -0.39 is 0 Å². The molecule has 0 aliphatic carbocycles. The van der Waals surface area contributed by atoms with Crippen molar-refractivity contribution in [3.63, 3.8) is 0 Å². The molecule has 0 bridgehead atoms. The van der Waals surface area contributed by atoms with Crippen molar-refractivity contribution < 1.29 is 14.6 Å². The molecule has 1 aromatic heterocycles. The first-order valence-corrected chi connectivity index (χ1v) is 8.65. The van der Waals surface area contributed by atoms with Gasteiger partial charge in [0.1, 0.15) is 5.69 Å². The van der Waals surface area contributed by atoms with E-state index in [0.717, 1.165) is 37.2 Å². The van der Waals surface area contributed by atoms with Crippen LogP contribution in [0.25, 0.3) is 0 Å². The molecule has 0 radical (unpaired) electrons. The number of methoxy groups -OCH3 is 1. The number of rotatable bonds is 6. The highest BCUT2D eigenvalue weighted by atomic mass is 16.5. The number of aromatic amines is 1. The maximum atomic E-state index is 11.5. The van der Waals surface area contributed by atoms with Crippen LogP contribution in [0, 0.1) is 5.92 Å². The number of benzene rings is 1. The number of ether oxygens (including phenoxy) is 1. The van der Waals surface area contributed by atoms with Gasteiger partial charge in [-0.3, -0.25) is 0 Å². The molecule has 25 heavy (non-hydrogen) atoms. The van der Waals surface area contributed by atoms with Crippen molar-refractivity contribution in [3.05, 3.63) is 47.8 Å². The number of H-pyrrole nitrogens is 1. The molecule has 3 N–H and O–H groups in total. The second-order valence-corrected chi connectivity index (χ2v) is 6.40. The number of piperidine rings is 1. The van der Waals surface area contributed by atoms with Gasteiger partial charge in [-0.1, -0.05) is 12.1 Å². The molecule has 3 rings (SSSR count). The number of hydrogen-bond acceptors (Lipinski definition) is 5. The van der Waals surface area contributed by atoms with Gasteiger partial charge in [0.15, 0.2) is 0 Å². The maximum absolute atomic E-state index is 11.5. The van der Waals surface area contributed by atoms with Crippen molar-refractivity contribution in [3.8, 4) is 0 Å². The van der Waals surface area contributed by atoms with Gasteiger partial charge >= 0.3 is 5.97 Å². The van der Waals surface area contributed by atoms with Crippen LogP contribution in [0.4, 0.5) is 11.4 Å². The molecule has 2 aromatic rings. The number of aliphatic hydroxyl groups is 1. The van der Waals surface area contributed by atoms with Crippen LogP contribution in [0.15, 0.2) is 36.5 Å². The summed E-state index contributed by atoms with van der Waals surface area (Å²) >= 11 is 0. The number of esters is 1. The highest BCUT2D eigenvalue weighted by Gasteiger charge is 2.20. The molecule has 1 aliphatic rings. The Balaban J connectivity index is 1.65. The largest absolute Gasteiger partial charge is 0.464 e. The minimum absolute atomic E-state index is 0.282. The number of nitrogens with one attached hydrogen (secondary N) is 2. The number of carbonyl (C=O) groups excluding carboxylic acids is 1. The summed E-state index contributed by atoms with van der Waals surface area (Å²) < 4.78 is 4.71. The summed E-state index contributed by atoms with van der Waals surface area (Å²) in [5.41, 5.74) is 3.71. The molecule has 1 aromatic carbocycles. The Hall–Kier alpha value is -2.47. The van der Waals surface area contributed by atoms with Gasteiger partial charge in [-0.25, -0.2) is 4.79 Å². The Morgan fingerprint density at radius 2 is 2.12 bits per heavy atom. The third-order valence-electron chi connectivity index (χ3n) is 4.75. The lowest BCUT2D eigenvalue weighted by molar-refractivity contribution is 0.0595. The summed E-state index contributed by atoms with van der Waals surface area (Å²) in [4.78, 5) is 16.8. The zero-order valence-corrected chi connectivity index (χ0v) is 14.5. The van der Waals surface area contributed by atoms with E-state index in [1.165, 1.54) is 12.8 Å². The molecule has 1 saturated heterocycles. The molecular weight excluding hydrogens is 318 g/mol. The van der Waals surface area contributed by atoms with Crippen molar-refractivity contribution in [1.82, 2.24) is 4.98 Å². The topological polar surface area (TPSA) is 77.6 Å². The van der Waals surface area contributed by atoms with Crippen LogP contribution in [0.3, 0.4) is 0 Å². The second kappa shape index (κ2) is 8.07. The summed E-state index contributed by atoms with van der Waals surface area (Å²) in [5, 5.41) is 12.8. The van der Waals surface area contributed by atoms with E-state index in [-0.39, 0.29) is 12.6 Å². The predicted octanol–water partition coefficient (Wildman–Crippen LogP) is 2.62. The van der Waals surface area contributed by atoms with Crippen LogP contribution >= 0.6 is 0 Å². The molecule has 1 aliphatic heterocycles. The van der Waals surface area contributed by atoms with Crippen LogP contribution in [0.5, 0.6) is 0 Å². The number of anilines is 2. The van der Waals surface area contributed by atoms with Gasteiger partial charge < -0.3 is 25.0 Å². The minimum atomic E-state index is -0.363. The quantitative estimate of drug-likeness (QED) is 0.703. The van der Waals surface area contributed by atoms with Gasteiger partial charge in [-0.05, 0) is 42.5 Å². The Morgan fingerprint density at radius 1 is 1.36 bits per heavy atom.